The Morgan fingerprint density at radius 3 is 2.45 bits per heavy atom. The van der Waals surface area contributed by atoms with Gasteiger partial charge in [-0.05, 0) is 49.2 Å². The number of anilines is 2. The van der Waals surface area contributed by atoms with Crippen molar-refractivity contribution in [2.75, 3.05) is 43.1 Å². The second kappa shape index (κ2) is 8.14. The van der Waals surface area contributed by atoms with Crippen LogP contribution in [0.5, 0.6) is 0 Å². The van der Waals surface area contributed by atoms with Gasteiger partial charge < -0.3 is 15.0 Å². The number of fused-ring (bicyclic) bond motifs is 1. The van der Waals surface area contributed by atoms with E-state index < -0.39 is 10.0 Å². The molecule has 0 unspecified atom stereocenters. The number of para-hydroxylation sites is 1. The SMILES string of the molecule is C[C@H](C(=O)Nc1ccc(S(=O)(=O)N2CCOCC2)cc1)N1CCc2ccccc21. The van der Waals surface area contributed by atoms with Crippen LogP contribution >= 0.6 is 0 Å². The summed E-state index contributed by atoms with van der Waals surface area (Å²) in [5.41, 5.74) is 2.93. The number of ether oxygens (including phenoxy) is 1. The third-order valence-electron chi connectivity index (χ3n) is 5.50. The summed E-state index contributed by atoms with van der Waals surface area (Å²) in [6.07, 6.45) is 0.932. The van der Waals surface area contributed by atoms with E-state index in [2.05, 4.69) is 16.3 Å². The maximum Gasteiger partial charge on any atom is 0.246 e. The molecule has 0 bridgehead atoms. The number of nitrogens with one attached hydrogen (secondary N) is 1. The summed E-state index contributed by atoms with van der Waals surface area (Å²) < 4.78 is 32.0. The summed E-state index contributed by atoms with van der Waals surface area (Å²) in [7, 11) is -3.54. The molecular formula is C21H25N3O4S. The van der Waals surface area contributed by atoms with E-state index in [9.17, 15) is 13.2 Å². The van der Waals surface area contributed by atoms with Crippen LogP contribution in [0.1, 0.15) is 12.5 Å². The zero-order chi connectivity index (χ0) is 20.4. The van der Waals surface area contributed by atoms with Crippen LogP contribution in [-0.2, 0) is 26.0 Å². The lowest BCUT2D eigenvalue weighted by atomic mass is 10.1. The van der Waals surface area contributed by atoms with Gasteiger partial charge in [-0.1, -0.05) is 18.2 Å². The Morgan fingerprint density at radius 1 is 1.03 bits per heavy atom. The zero-order valence-electron chi connectivity index (χ0n) is 16.4. The maximum absolute atomic E-state index is 12.7. The second-order valence-corrected chi connectivity index (χ2v) is 9.22. The normalized spacial score (nSPS) is 18.3. The number of hydrogen-bond acceptors (Lipinski definition) is 5. The smallest absolute Gasteiger partial charge is 0.246 e. The van der Waals surface area contributed by atoms with Crippen LogP contribution < -0.4 is 10.2 Å². The number of carbonyl (C=O) groups excluding carboxylic acids is 1. The van der Waals surface area contributed by atoms with Crippen LogP contribution in [0, 0.1) is 0 Å². The quantitative estimate of drug-likeness (QED) is 0.809. The topological polar surface area (TPSA) is 79.0 Å². The van der Waals surface area contributed by atoms with Gasteiger partial charge in [0.05, 0.1) is 18.1 Å². The third-order valence-corrected chi connectivity index (χ3v) is 7.41. The molecule has 2 aromatic carbocycles. The van der Waals surface area contributed by atoms with Gasteiger partial charge in [-0.2, -0.15) is 4.31 Å². The highest BCUT2D eigenvalue weighted by atomic mass is 32.2. The highest BCUT2D eigenvalue weighted by Gasteiger charge is 2.28. The predicted octanol–water partition coefficient (Wildman–Crippen LogP) is 2.10. The number of benzene rings is 2. The van der Waals surface area contributed by atoms with Crippen LogP contribution in [-0.4, -0.2) is 57.5 Å². The second-order valence-electron chi connectivity index (χ2n) is 7.28. The number of morpholine rings is 1. The van der Waals surface area contributed by atoms with E-state index in [0.717, 1.165) is 18.7 Å². The lowest BCUT2D eigenvalue weighted by Gasteiger charge is -2.27. The Balaban J connectivity index is 1.43. The van der Waals surface area contributed by atoms with E-state index in [-0.39, 0.29) is 16.8 Å². The Kier molecular flexibility index (Phi) is 5.58. The average Bonchev–Trinajstić information content (AvgIpc) is 3.18. The van der Waals surface area contributed by atoms with Crippen molar-refractivity contribution in [1.82, 2.24) is 4.31 Å². The Hall–Kier alpha value is -2.42. The minimum Gasteiger partial charge on any atom is -0.379 e. The first-order valence-corrected chi connectivity index (χ1v) is 11.2. The van der Waals surface area contributed by atoms with Crippen molar-refractivity contribution in [3.8, 4) is 0 Å². The molecule has 1 saturated heterocycles. The van der Waals surface area contributed by atoms with Gasteiger partial charge in [0.25, 0.3) is 0 Å². The van der Waals surface area contributed by atoms with E-state index >= 15 is 0 Å². The van der Waals surface area contributed by atoms with Gasteiger partial charge in [0.1, 0.15) is 6.04 Å². The van der Waals surface area contributed by atoms with Crippen molar-refractivity contribution in [1.29, 1.82) is 0 Å². The zero-order valence-corrected chi connectivity index (χ0v) is 17.2. The molecule has 0 aromatic heterocycles. The van der Waals surface area contributed by atoms with Crippen LogP contribution in [0.4, 0.5) is 11.4 Å². The first-order chi connectivity index (χ1) is 14.0. The standard InChI is InChI=1S/C21H25N3O4S/c1-16(24-11-10-17-4-2-3-5-20(17)24)21(25)22-18-6-8-19(9-7-18)29(26,27)23-12-14-28-15-13-23/h2-9,16H,10-15H2,1H3,(H,22,25)/t16-/m1/s1. The molecule has 0 spiro atoms. The molecule has 1 amide bonds. The lowest BCUT2D eigenvalue weighted by molar-refractivity contribution is -0.117. The summed E-state index contributed by atoms with van der Waals surface area (Å²) in [6.45, 7) is 4.22. The van der Waals surface area contributed by atoms with Crippen LogP contribution in [0.25, 0.3) is 0 Å². The molecule has 2 aromatic rings. The van der Waals surface area contributed by atoms with Gasteiger partial charge in [0, 0.05) is 31.0 Å². The number of nitrogens with zero attached hydrogens (tertiary/aromatic N) is 2. The Morgan fingerprint density at radius 2 is 1.72 bits per heavy atom. The molecule has 2 aliphatic heterocycles. The van der Waals surface area contributed by atoms with E-state index in [4.69, 9.17) is 4.74 Å². The fourth-order valence-corrected chi connectivity index (χ4v) is 5.21. The highest BCUT2D eigenvalue weighted by Crippen LogP contribution is 2.29. The molecule has 29 heavy (non-hydrogen) atoms. The molecule has 154 valence electrons. The van der Waals surface area contributed by atoms with Crippen molar-refractivity contribution in [2.24, 2.45) is 0 Å². The van der Waals surface area contributed by atoms with Gasteiger partial charge in [0.2, 0.25) is 15.9 Å². The first-order valence-electron chi connectivity index (χ1n) is 9.80. The summed E-state index contributed by atoms with van der Waals surface area (Å²) in [4.78, 5) is 15.1. The molecule has 2 aliphatic rings. The molecule has 7 nitrogen and oxygen atoms in total. The summed E-state index contributed by atoms with van der Waals surface area (Å²) in [5.74, 6) is -0.120. The molecule has 4 rings (SSSR count). The number of amides is 1. The summed E-state index contributed by atoms with van der Waals surface area (Å²) in [6, 6.07) is 14.1. The fourth-order valence-electron chi connectivity index (χ4n) is 3.80. The Labute approximate surface area is 171 Å². The van der Waals surface area contributed by atoms with Crippen LogP contribution in [0.3, 0.4) is 0 Å². The average molecular weight is 416 g/mol. The monoisotopic (exact) mass is 415 g/mol. The fraction of sp³-hybridized carbons (Fsp3) is 0.381. The van der Waals surface area contributed by atoms with Crippen molar-refractivity contribution in [2.45, 2.75) is 24.3 Å². The maximum atomic E-state index is 12.7. The molecule has 1 N–H and O–H groups in total. The number of sulfonamides is 1. The van der Waals surface area contributed by atoms with E-state index in [0.29, 0.717) is 32.0 Å². The van der Waals surface area contributed by atoms with Gasteiger partial charge >= 0.3 is 0 Å². The minimum atomic E-state index is -3.54. The van der Waals surface area contributed by atoms with Gasteiger partial charge in [-0.15, -0.1) is 0 Å². The molecule has 1 fully saturated rings. The van der Waals surface area contributed by atoms with Gasteiger partial charge in [-0.25, -0.2) is 8.42 Å². The molecule has 0 saturated carbocycles. The summed E-state index contributed by atoms with van der Waals surface area (Å²) >= 11 is 0. The number of hydrogen-bond donors (Lipinski definition) is 1. The third kappa shape index (κ3) is 4.01. The van der Waals surface area contributed by atoms with Crippen molar-refractivity contribution < 1.29 is 17.9 Å². The molecular weight excluding hydrogens is 390 g/mol. The van der Waals surface area contributed by atoms with Crippen molar-refractivity contribution in [3.63, 3.8) is 0 Å². The molecule has 1 atom stereocenters. The van der Waals surface area contributed by atoms with E-state index in [1.165, 1.54) is 22.0 Å². The molecule has 0 radical (unpaired) electrons. The largest absolute Gasteiger partial charge is 0.379 e. The molecule has 0 aliphatic carbocycles. The van der Waals surface area contributed by atoms with Gasteiger partial charge in [0.15, 0.2) is 0 Å². The van der Waals surface area contributed by atoms with E-state index in [1.54, 1.807) is 12.1 Å². The molecule has 8 heteroatoms. The Bertz CT molecular complexity index is 985. The predicted molar refractivity (Wildman–Crippen MR) is 112 cm³/mol. The summed E-state index contributed by atoms with van der Waals surface area (Å²) in [5, 5.41) is 2.90. The van der Waals surface area contributed by atoms with Crippen molar-refractivity contribution >= 4 is 27.3 Å². The van der Waals surface area contributed by atoms with E-state index in [1.807, 2.05) is 25.1 Å². The van der Waals surface area contributed by atoms with Crippen LogP contribution in [0.15, 0.2) is 53.4 Å². The van der Waals surface area contributed by atoms with Crippen molar-refractivity contribution in [3.05, 3.63) is 54.1 Å². The first kappa shape index (κ1) is 19.9. The highest BCUT2D eigenvalue weighted by molar-refractivity contribution is 7.89. The molecule has 2 heterocycles. The minimum absolute atomic E-state index is 0.120. The number of rotatable bonds is 5. The van der Waals surface area contributed by atoms with Crippen LogP contribution in [0.2, 0.25) is 0 Å². The lowest BCUT2D eigenvalue weighted by Crippen LogP contribution is -2.41. The number of carbonyl (C=O) groups is 1. The van der Waals surface area contributed by atoms with Gasteiger partial charge in [-0.3, -0.25) is 4.79 Å².